The first-order chi connectivity index (χ1) is 10.1. The number of phenolic OH excluding ortho intramolecular Hbond substituents is 1. The van der Waals surface area contributed by atoms with Crippen LogP contribution in [0.25, 0.3) is 21.8 Å². The van der Waals surface area contributed by atoms with E-state index < -0.39 is 0 Å². The number of aromatic hydroxyl groups is 1. The summed E-state index contributed by atoms with van der Waals surface area (Å²) in [6.07, 6.45) is 0. The van der Waals surface area contributed by atoms with E-state index in [-0.39, 0.29) is 22.7 Å². The number of hydrogen-bond donors (Lipinski definition) is 1. The third-order valence-electron chi connectivity index (χ3n) is 3.72. The van der Waals surface area contributed by atoms with Gasteiger partial charge in [0.1, 0.15) is 0 Å². The molecule has 0 aliphatic rings. The van der Waals surface area contributed by atoms with Crippen LogP contribution >= 0.6 is 0 Å². The fraction of sp³-hybridized carbons (Fsp3) is 0.188. The van der Waals surface area contributed by atoms with Crippen molar-refractivity contribution in [2.24, 2.45) is 7.05 Å². The summed E-state index contributed by atoms with van der Waals surface area (Å²) in [5.41, 5.74) is 1.28. The number of para-hydroxylation sites is 1. The highest BCUT2D eigenvalue weighted by molar-refractivity contribution is 5.99. The molecule has 2 aromatic carbocycles. The number of fused-ring (bicyclic) bond motifs is 2. The van der Waals surface area contributed by atoms with Gasteiger partial charge in [0, 0.05) is 18.5 Å². The van der Waals surface area contributed by atoms with Crippen LogP contribution in [0.3, 0.4) is 0 Å². The number of hydrogen-bond acceptors (Lipinski definition) is 4. The second-order valence-electron chi connectivity index (χ2n) is 4.76. The van der Waals surface area contributed by atoms with Crippen molar-refractivity contribution < 1.29 is 14.6 Å². The van der Waals surface area contributed by atoms with Gasteiger partial charge in [-0.2, -0.15) is 0 Å². The smallest absolute Gasteiger partial charge is 0.201 e. The number of pyridine rings is 1. The fourth-order valence-corrected chi connectivity index (χ4v) is 2.67. The van der Waals surface area contributed by atoms with Gasteiger partial charge in [-0.3, -0.25) is 4.79 Å². The Morgan fingerprint density at radius 2 is 1.81 bits per heavy atom. The first-order valence-corrected chi connectivity index (χ1v) is 6.45. The largest absolute Gasteiger partial charge is 0.502 e. The van der Waals surface area contributed by atoms with Crippen LogP contribution in [0.4, 0.5) is 0 Å². The van der Waals surface area contributed by atoms with E-state index in [4.69, 9.17) is 9.47 Å². The van der Waals surface area contributed by atoms with Crippen LogP contribution in [-0.4, -0.2) is 23.9 Å². The molecule has 0 saturated carbocycles. The zero-order valence-electron chi connectivity index (χ0n) is 12.0. The predicted molar refractivity (Wildman–Crippen MR) is 81.5 cm³/mol. The minimum atomic E-state index is -0.173. The molecule has 0 unspecified atom stereocenters. The molecule has 0 bridgehead atoms. The van der Waals surface area contributed by atoms with E-state index in [1.54, 1.807) is 12.1 Å². The minimum absolute atomic E-state index is 0.135. The first-order valence-electron chi connectivity index (χ1n) is 6.45. The molecule has 0 saturated heterocycles. The summed E-state index contributed by atoms with van der Waals surface area (Å²) in [7, 11) is 4.74. The van der Waals surface area contributed by atoms with Crippen LogP contribution in [-0.2, 0) is 7.05 Å². The molecule has 3 rings (SSSR count). The van der Waals surface area contributed by atoms with Crippen LogP contribution in [0.1, 0.15) is 0 Å². The molecule has 0 aliphatic carbocycles. The van der Waals surface area contributed by atoms with Gasteiger partial charge in [0.2, 0.25) is 11.2 Å². The van der Waals surface area contributed by atoms with Gasteiger partial charge in [-0.05, 0) is 12.1 Å². The average Bonchev–Trinajstić information content (AvgIpc) is 2.52. The van der Waals surface area contributed by atoms with Gasteiger partial charge in [0.25, 0.3) is 0 Å². The highest BCUT2D eigenvalue weighted by atomic mass is 16.5. The Labute approximate surface area is 121 Å². The molecule has 0 amide bonds. The Balaban J connectivity index is 2.66. The first kappa shape index (κ1) is 13.3. The molecule has 108 valence electrons. The molecule has 21 heavy (non-hydrogen) atoms. The fourth-order valence-electron chi connectivity index (χ4n) is 2.67. The number of nitrogens with zero attached hydrogens (tertiary/aromatic N) is 1. The zero-order valence-corrected chi connectivity index (χ0v) is 12.0. The lowest BCUT2D eigenvalue weighted by Crippen LogP contribution is -2.10. The molecule has 0 spiro atoms. The van der Waals surface area contributed by atoms with Crippen molar-refractivity contribution in [3.05, 3.63) is 40.6 Å². The number of benzene rings is 2. The second kappa shape index (κ2) is 4.70. The predicted octanol–water partition coefficient (Wildman–Crippen LogP) is 2.41. The Morgan fingerprint density at radius 3 is 2.48 bits per heavy atom. The maximum atomic E-state index is 12.7. The molecule has 5 nitrogen and oxygen atoms in total. The van der Waals surface area contributed by atoms with E-state index >= 15 is 0 Å². The van der Waals surface area contributed by atoms with Crippen LogP contribution < -0.4 is 14.9 Å². The van der Waals surface area contributed by atoms with E-state index in [0.29, 0.717) is 16.3 Å². The van der Waals surface area contributed by atoms with Crippen LogP contribution in [0.5, 0.6) is 17.2 Å². The van der Waals surface area contributed by atoms with Crippen molar-refractivity contribution >= 4 is 21.8 Å². The Kier molecular flexibility index (Phi) is 2.97. The van der Waals surface area contributed by atoms with Gasteiger partial charge in [-0.25, -0.2) is 0 Å². The van der Waals surface area contributed by atoms with E-state index in [2.05, 4.69) is 0 Å². The average molecular weight is 285 g/mol. The summed E-state index contributed by atoms with van der Waals surface area (Å²) >= 11 is 0. The number of rotatable bonds is 2. The molecule has 0 radical (unpaired) electrons. The molecule has 1 heterocycles. The van der Waals surface area contributed by atoms with Gasteiger partial charge >= 0.3 is 0 Å². The number of aromatic nitrogens is 1. The lowest BCUT2D eigenvalue weighted by Gasteiger charge is -2.15. The molecule has 1 aromatic heterocycles. The Morgan fingerprint density at radius 1 is 1.10 bits per heavy atom. The number of methoxy groups -OCH3 is 2. The quantitative estimate of drug-likeness (QED) is 0.735. The molecule has 0 aliphatic heterocycles. The maximum Gasteiger partial charge on any atom is 0.201 e. The molecule has 3 aromatic rings. The van der Waals surface area contributed by atoms with Gasteiger partial charge < -0.3 is 19.1 Å². The van der Waals surface area contributed by atoms with E-state index in [0.717, 1.165) is 5.52 Å². The van der Waals surface area contributed by atoms with Crippen molar-refractivity contribution in [1.29, 1.82) is 0 Å². The monoisotopic (exact) mass is 285 g/mol. The van der Waals surface area contributed by atoms with Crippen molar-refractivity contribution in [2.75, 3.05) is 14.2 Å². The Hall–Kier alpha value is -2.69. The molecule has 1 N–H and O–H groups in total. The van der Waals surface area contributed by atoms with Crippen molar-refractivity contribution in [2.45, 2.75) is 0 Å². The SMILES string of the molecule is COc1cc2c(c(OC)c1O)c(=O)c1ccccc1n2C. The number of phenols is 1. The second-order valence-corrected chi connectivity index (χ2v) is 4.76. The number of aryl methyl sites for hydroxylation is 1. The van der Waals surface area contributed by atoms with Crippen molar-refractivity contribution in [1.82, 2.24) is 4.57 Å². The molecule has 0 atom stereocenters. The van der Waals surface area contributed by atoms with E-state index in [9.17, 15) is 9.90 Å². The summed E-state index contributed by atoms with van der Waals surface area (Å²) in [5.74, 6) is 0.236. The maximum absolute atomic E-state index is 12.7. The summed E-state index contributed by atoms with van der Waals surface area (Å²) < 4.78 is 12.3. The van der Waals surface area contributed by atoms with E-state index in [1.165, 1.54) is 14.2 Å². The summed E-state index contributed by atoms with van der Waals surface area (Å²) in [6, 6.07) is 8.97. The van der Waals surface area contributed by atoms with Crippen LogP contribution in [0.2, 0.25) is 0 Å². The highest BCUT2D eigenvalue weighted by Crippen LogP contribution is 2.41. The lowest BCUT2D eigenvalue weighted by molar-refractivity contribution is 0.343. The highest BCUT2D eigenvalue weighted by Gasteiger charge is 2.19. The van der Waals surface area contributed by atoms with Crippen LogP contribution in [0.15, 0.2) is 35.1 Å². The third kappa shape index (κ3) is 1.74. The molecular weight excluding hydrogens is 270 g/mol. The van der Waals surface area contributed by atoms with Gasteiger partial charge in [-0.15, -0.1) is 0 Å². The van der Waals surface area contributed by atoms with Gasteiger partial charge in [-0.1, -0.05) is 12.1 Å². The normalized spacial score (nSPS) is 11.0. The van der Waals surface area contributed by atoms with Crippen molar-refractivity contribution in [3.8, 4) is 17.2 Å². The summed E-state index contributed by atoms with van der Waals surface area (Å²) in [6.45, 7) is 0. The Bertz CT molecular complexity index is 912. The van der Waals surface area contributed by atoms with Crippen molar-refractivity contribution in [3.63, 3.8) is 0 Å². The lowest BCUT2D eigenvalue weighted by atomic mass is 10.1. The van der Waals surface area contributed by atoms with Gasteiger partial charge in [0.05, 0.1) is 30.6 Å². The van der Waals surface area contributed by atoms with Crippen LogP contribution in [0, 0.1) is 0 Å². The minimum Gasteiger partial charge on any atom is -0.502 e. The number of ether oxygens (including phenoxy) is 2. The summed E-state index contributed by atoms with van der Waals surface area (Å²) in [5, 5.41) is 11.1. The molecule has 0 fully saturated rings. The third-order valence-corrected chi connectivity index (χ3v) is 3.72. The molecular formula is C16H15NO4. The zero-order chi connectivity index (χ0) is 15.1. The standard InChI is InChI=1S/C16H15NO4/c1-17-10-7-5-4-6-9(10)14(18)13-11(17)8-12(20-2)15(19)16(13)21-3/h4-8,19H,1-3H3. The summed E-state index contributed by atoms with van der Waals surface area (Å²) in [4.78, 5) is 12.7. The topological polar surface area (TPSA) is 60.7 Å². The molecule has 5 heteroatoms. The van der Waals surface area contributed by atoms with Gasteiger partial charge in [0.15, 0.2) is 11.5 Å². The van der Waals surface area contributed by atoms with E-state index in [1.807, 2.05) is 29.8 Å².